The third-order valence-electron chi connectivity index (χ3n) is 3.94. The molecule has 0 aliphatic heterocycles. The highest BCUT2D eigenvalue weighted by molar-refractivity contribution is 6.08. The van der Waals surface area contributed by atoms with Crippen LogP contribution in [0.25, 0.3) is 5.69 Å². The molecule has 0 aliphatic carbocycles. The van der Waals surface area contributed by atoms with Gasteiger partial charge in [0.25, 0.3) is 0 Å². The summed E-state index contributed by atoms with van der Waals surface area (Å²) in [7, 11) is 0. The summed E-state index contributed by atoms with van der Waals surface area (Å²) < 4.78 is 1.63. The lowest BCUT2D eigenvalue weighted by molar-refractivity contribution is 0.103. The summed E-state index contributed by atoms with van der Waals surface area (Å²) in [6.45, 7) is 6.23. The Bertz CT molecular complexity index is 832. The molecule has 0 spiro atoms. The van der Waals surface area contributed by atoms with Crippen LogP contribution >= 0.6 is 0 Å². The van der Waals surface area contributed by atoms with E-state index in [0.29, 0.717) is 17.2 Å². The number of ketones is 1. The fraction of sp³-hybridized carbons (Fsp3) is 0.211. The van der Waals surface area contributed by atoms with Crippen LogP contribution in [0, 0.1) is 6.92 Å². The zero-order valence-corrected chi connectivity index (χ0v) is 13.5. The molecule has 4 nitrogen and oxygen atoms in total. The fourth-order valence-corrected chi connectivity index (χ4v) is 2.47. The van der Waals surface area contributed by atoms with Crippen LogP contribution in [0.15, 0.2) is 54.7 Å². The maximum atomic E-state index is 12.5. The first-order valence-electron chi connectivity index (χ1n) is 7.69. The monoisotopic (exact) mass is 305 g/mol. The highest BCUT2D eigenvalue weighted by Crippen LogP contribution is 2.17. The third-order valence-corrected chi connectivity index (χ3v) is 3.94. The second-order valence-corrected chi connectivity index (χ2v) is 5.94. The lowest BCUT2D eigenvalue weighted by Crippen LogP contribution is -2.03. The lowest BCUT2D eigenvalue weighted by atomic mass is 10.0. The zero-order valence-electron chi connectivity index (χ0n) is 13.5. The minimum absolute atomic E-state index is 0.104. The van der Waals surface area contributed by atoms with Gasteiger partial charge < -0.3 is 0 Å². The predicted octanol–water partition coefficient (Wildman–Crippen LogP) is 3.93. The summed E-state index contributed by atoms with van der Waals surface area (Å²) in [5, 5.41) is 8.11. The average Bonchev–Trinajstić information content (AvgIpc) is 3.05. The summed E-state index contributed by atoms with van der Waals surface area (Å²) >= 11 is 0. The van der Waals surface area contributed by atoms with Crippen molar-refractivity contribution in [1.29, 1.82) is 0 Å². The normalized spacial score (nSPS) is 11.0. The molecule has 0 unspecified atom stereocenters. The summed E-state index contributed by atoms with van der Waals surface area (Å²) in [6, 6.07) is 15.6. The van der Waals surface area contributed by atoms with Gasteiger partial charge in [-0.05, 0) is 36.1 Å². The van der Waals surface area contributed by atoms with Crippen LogP contribution in [-0.4, -0.2) is 20.8 Å². The second kappa shape index (κ2) is 6.16. The van der Waals surface area contributed by atoms with E-state index in [1.54, 1.807) is 10.9 Å². The van der Waals surface area contributed by atoms with Crippen LogP contribution in [-0.2, 0) is 0 Å². The van der Waals surface area contributed by atoms with Gasteiger partial charge in [-0.3, -0.25) is 4.79 Å². The second-order valence-electron chi connectivity index (χ2n) is 5.94. The number of aryl methyl sites for hydroxylation is 1. The molecule has 116 valence electrons. The molecule has 0 fully saturated rings. The maximum absolute atomic E-state index is 12.5. The van der Waals surface area contributed by atoms with Gasteiger partial charge in [-0.15, -0.1) is 5.10 Å². The van der Waals surface area contributed by atoms with E-state index in [1.807, 2.05) is 43.3 Å². The molecule has 3 rings (SSSR count). The molecule has 3 aromatic rings. The minimum Gasteiger partial charge on any atom is -0.287 e. The van der Waals surface area contributed by atoms with Gasteiger partial charge in [-0.2, -0.15) is 0 Å². The van der Waals surface area contributed by atoms with Crippen LogP contribution in [0.4, 0.5) is 0 Å². The molecule has 2 aromatic carbocycles. The number of rotatable bonds is 4. The Balaban J connectivity index is 1.88. The Kier molecular flexibility index (Phi) is 4.06. The van der Waals surface area contributed by atoms with Crippen molar-refractivity contribution in [2.24, 2.45) is 0 Å². The van der Waals surface area contributed by atoms with Crippen molar-refractivity contribution < 1.29 is 4.79 Å². The number of benzene rings is 2. The highest BCUT2D eigenvalue weighted by Gasteiger charge is 2.15. The Morgan fingerprint density at radius 3 is 2.39 bits per heavy atom. The Morgan fingerprint density at radius 2 is 1.74 bits per heavy atom. The topological polar surface area (TPSA) is 47.8 Å². The van der Waals surface area contributed by atoms with E-state index < -0.39 is 0 Å². The standard InChI is InChI=1S/C19H19N3O/c1-13(2)15-8-10-16(11-9-15)22-12-18(20-21-22)19(23)17-7-5-4-6-14(17)3/h4-13H,1-3H3. The number of nitrogens with zero attached hydrogens (tertiary/aromatic N) is 3. The number of hydrogen-bond acceptors (Lipinski definition) is 3. The van der Waals surface area contributed by atoms with Gasteiger partial charge in [-0.25, -0.2) is 4.68 Å². The zero-order chi connectivity index (χ0) is 16.4. The van der Waals surface area contributed by atoms with Crippen molar-refractivity contribution in [2.75, 3.05) is 0 Å². The molecular formula is C19H19N3O. The van der Waals surface area contributed by atoms with Crippen molar-refractivity contribution in [3.05, 3.63) is 77.1 Å². The van der Waals surface area contributed by atoms with Gasteiger partial charge in [0.1, 0.15) is 0 Å². The molecule has 0 aliphatic rings. The van der Waals surface area contributed by atoms with Gasteiger partial charge in [0, 0.05) is 5.56 Å². The minimum atomic E-state index is -0.104. The number of carbonyl (C=O) groups excluding carboxylic acids is 1. The molecule has 0 bridgehead atoms. The quantitative estimate of drug-likeness (QED) is 0.686. The van der Waals surface area contributed by atoms with Crippen molar-refractivity contribution in [2.45, 2.75) is 26.7 Å². The van der Waals surface area contributed by atoms with Crippen molar-refractivity contribution >= 4 is 5.78 Å². The molecule has 4 heteroatoms. The van der Waals surface area contributed by atoms with E-state index in [-0.39, 0.29) is 5.78 Å². The molecule has 0 N–H and O–H groups in total. The lowest BCUT2D eigenvalue weighted by Gasteiger charge is -2.06. The summed E-state index contributed by atoms with van der Waals surface area (Å²) in [5.41, 5.74) is 4.12. The third kappa shape index (κ3) is 3.06. The van der Waals surface area contributed by atoms with E-state index in [9.17, 15) is 4.79 Å². The summed E-state index contributed by atoms with van der Waals surface area (Å²) in [5.74, 6) is 0.381. The predicted molar refractivity (Wildman–Crippen MR) is 90.1 cm³/mol. The number of aromatic nitrogens is 3. The van der Waals surface area contributed by atoms with Gasteiger partial charge in [0.05, 0.1) is 11.9 Å². The largest absolute Gasteiger partial charge is 0.287 e. The number of carbonyl (C=O) groups is 1. The Morgan fingerprint density at radius 1 is 1.04 bits per heavy atom. The molecule has 0 radical (unpaired) electrons. The van der Waals surface area contributed by atoms with Crippen LogP contribution in [0.2, 0.25) is 0 Å². The SMILES string of the molecule is Cc1ccccc1C(=O)c1cn(-c2ccc(C(C)C)cc2)nn1. The molecule has 0 saturated carbocycles. The van der Waals surface area contributed by atoms with E-state index in [0.717, 1.165) is 11.3 Å². The summed E-state index contributed by atoms with van der Waals surface area (Å²) in [6.07, 6.45) is 1.68. The smallest absolute Gasteiger partial charge is 0.215 e. The molecule has 23 heavy (non-hydrogen) atoms. The van der Waals surface area contributed by atoms with Crippen LogP contribution < -0.4 is 0 Å². The van der Waals surface area contributed by atoms with Crippen molar-refractivity contribution in [3.63, 3.8) is 0 Å². The van der Waals surface area contributed by atoms with Crippen molar-refractivity contribution in [3.8, 4) is 5.69 Å². The van der Waals surface area contributed by atoms with Gasteiger partial charge >= 0.3 is 0 Å². The molecule has 0 atom stereocenters. The number of hydrogen-bond donors (Lipinski definition) is 0. The first-order chi connectivity index (χ1) is 11.1. The molecule has 0 saturated heterocycles. The van der Waals surface area contributed by atoms with E-state index in [2.05, 4.69) is 36.3 Å². The molecule has 1 aromatic heterocycles. The maximum Gasteiger partial charge on any atom is 0.215 e. The van der Waals surface area contributed by atoms with Crippen LogP contribution in [0.3, 0.4) is 0 Å². The first-order valence-corrected chi connectivity index (χ1v) is 7.69. The fourth-order valence-electron chi connectivity index (χ4n) is 2.47. The summed E-state index contributed by atoms with van der Waals surface area (Å²) in [4.78, 5) is 12.5. The van der Waals surface area contributed by atoms with Gasteiger partial charge in [0.2, 0.25) is 5.78 Å². The van der Waals surface area contributed by atoms with Gasteiger partial charge in [-0.1, -0.05) is 55.5 Å². The molecular weight excluding hydrogens is 286 g/mol. The molecule has 0 amide bonds. The van der Waals surface area contributed by atoms with E-state index in [4.69, 9.17) is 0 Å². The van der Waals surface area contributed by atoms with E-state index in [1.165, 1.54) is 5.56 Å². The average molecular weight is 305 g/mol. The van der Waals surface area contributed by atoms with Crippen molar-refractivity contribution in [1.82, 2.24) is 15.0 Å². The Labute approximate surface area is 135 Å². The highest BCUT2D eigenvalue weighted by atomic mass is 16.1. The Hall–Kier alpha value is -2.75. The first kappa shape index (κ1) is 15.2. The van der Waals surface area contributed by atoms with Crippen LogP contribution in [0.1, 0.15) is 46.9 Å². The van der Waals surface area contributed by atoms with Gasteiger partial charge in [0.15, 0.2) is 5.69 Å². The molecule has 1 heterocycles. The van der Waals surface area contributed by atoms with E-state index >= 15 is 0 Å². The van der Waals surface area contributed by atoms with Crippen LogP contribution in [0.5, 0.6) is 0 Å².